The number of benzene rings is 3. The van der Waals surface area contributed by atoms with Crippen LogP contribution in [0.2, 0.25) is 5.02 Å². The zero-order chi connectivity index (χ0) is 20.1. The molecular formula is C23H18ClN3O2. The number of rotatable bonds is 6. The molecular weight excluding hydrogens is 386 g/mol. The van der Waals surface area contributed by atoms with Gasteiger partial charge in [-0.1, -0.05) is 54.1 Å². The molecule has 29 heavy (non-hydrogen) atoms. The molecule has 144 valence electrons. The molecule has 0 fully saturated rings. The van der Waals surface area contributed by atoms with Crippen LogP contribution in [-0.4, -0.2) is 15.7 Å². The molecule has 0 saturated heterocycles. The van der Waals surface area contributed by atoms with Gasteiger partial charge >= 0.3 is 0 Å². The lowest BCUT2D eigenvalue weighted by Crippen LogP contribution is -2.14. The van der Waals surface area contributed by atoms with Crippen LogP contribution in [0.15, 0.2) is 91.1 Å². The Labute approximate surface area is 173 Å². The van der Waals surface area contributed by atoms with Crippen molar-refractivity contribution in [2.45, 2.75) is 6.73 Å². The van der Waals surface area contributed by atoms with E-state index in [2.05, 4.69) is 10.4 Å². The van der Waals surface area contributed by atoms with Crippen molar-refractivity contribution in [3.05, 3.63) is 102 Å². The van der Waals surface area contributed by atoms with Gasteiger partial charge in [0, 0.05) is 16.9 Å². The number of halogens is 1. The first-order valence-corrected chi connectivity index (χ1v) is 9.44. The highest BCUT2D eigenvalue weighted by Gasteiger charge is 2.10. The molecule has 0 bridgehead atoms. The van der Waals surface area contributed by atoms with Crippen LogP contribution in [0.25, 0.3) is 11.1 Å². The van der Waals surface area contributed by atoms with E-state index in [-0.39, 0.29) is 12.6 Å². The first kappa shape index (κ1) is 18.8. The van der Waals surface area contributed by atoms with Crippen LogP contribution in [0, 0.1) is 0 Å². The quantitative estimate of drug-likeness (QED) is 0.463. The van der Waals surface area contributed by atoms with E-state index in [1.165, 1.54) is 0 Å². The molecule has 4 aromatic rings. The van der Waals surface area contributed by atoms with Crippen LogP contribution in [-0.2, 0) is 6.73 Å². The van der Waals surface area contributed by atoms with Gasteiger partial charge in [0.1, 0.15) is 5.75 Å². The van der Waals surface area contributed by atoms with Crippen molar-refractivity contribution in [2.24, 2.45) is 0 Å². The first-order chi connectivity index (χ1) is 14.2. The predicted octanol–water partition coefficient (Wildman–Crippen LogP) is 5.49. The van der Waals surface area contributed by atoms with Gasteiger partial charge in [-0.2, -0.15) is 5.10 Å². The monoisotopic (exact) mass is 403 g/mol. The molecule has 0 aliphatic rings. The van der Waals surface area contributed by atoms with E-state index >= 15 is 0 Å². The standard InChI is InChI=1S/C23H18ClN3O2/c24-19-8-12-21(13-9-19)29-16-27-15-14-22(26-27)23(28)25-20-10-6-18(7-11-20)17-4-2-1-3-5-17/h1-15H,16H2,(H,25,28). The maximum atomic E-state index is 12.5. The molecule has 0 saturated carbocycles. The van der Waals surface area contributed by atoms with Crippen molar-refractivity contribution < 1.29 is 9.53 Å². The van der Waals surface area contributed by atoms with E-state index in [0.29, 0.717) is 22.2 Å². The first-order valence-electron chi connectivity index (χ1n) is 9.06. The minimum Gasteiger partial charge on any atom is -0.471 e. The molecule has 0 spiro atoms. The highest BCUT2D eigenvalue weighted by molar-refractivity contribution is 6.30. The van der Waals surface area contributed by atoms with Gasteiger partial charge in [-0.05, 0) is 53.6 Å². The van der Waals surface area contributed by atoms with Crippen LogP contribution in [0.3, 0.4) is 0 Å². The molecule has 1 aromatic heterocycles. The number of nitrogens with zero attached hydrogens (tertiary/aromatic N) is 2. The molecule has 3 aromatic carbocycles. The fourth-order valence-corrected chi connectivity index (χ4v) is 2.92. The maximum absolute atomic E-state index is 12.5. The number of amides is 1. The third kappa shape index (κ3) is 4.83. The van der Waals surface area contributed by atoms with E-state index in [0.717, 1.165) is 11.1 Å². The van der Waals surface area contributed by atoms with E-state index in [4.69, 9.17) is 16.3 Å². The van der Waals surface area contributed by atoms with Gasteiger partial charge in [-0.25, -0.2) is 4.68 Å². The Kier molecular flexibility index (Phi) is 5.59. The topological polar surface area (TPSA) is 56.2 Å². The summed E-state index contributed by atoms with van der Waals surface area (Å²) in [5.74, 6) is 0.400. The molecule has 0 atom stereocenters. The molecule has 0 aliphatic carbocycles. The van der Waals surface area contributed by atoms with E-state index < -0.39 is 0 Å². The number of carbonyl (C=O) groups excluding carboxylic acids is 1. The number of hydrogen-bond donors (Lipinski definition) is 1. The predicted molar refractivity (Wildman–Crippen MR) is 114 cm³/mol. The summed E-state index contributed by atoms with van der Waals surface area (Å²) in [7, 11) is 0. The Morgan fingerprint density at radius 2 is 1.59 bits per heavy atom. The van der Waals surface area contributed by atoms with Crippen LogP contribution in [0.5, 0.6) is 5.75 Å². The van der Waals surface area contributed by atoms with Crippen LogP contribution >= 0.6 is 11.6 Å². The minimum atomic E-state index is -0.275. The second-order valence-electron chi connectivity index (χ2n) is 6.37. The normalized spacial score (nSPS) is 10.5. The summed E-state index contributed by atoms with van der Waals surface area (Å²) in [6.07, 6.45) is 1.70. The fraction of sp³-hybridized carbons (Fsp3) is 0.0435. The van der Waals surface area contributed by atoms with Crippen molar-refractivity contribution in [1.29, 1.82) is 0 Å². The second-order valence-corrected chi connectivity index (χ2v) is 6.80. The van der Waals surface area contributed by atoms with E-state index in [9.17, 15) is 4.79 Å². The smallest absolute Gasteiger partial charge is 0.276 e. The van der Waals surface area contributed by atoms with Crippen molar-refractivity contribution in [3.63, 3.8) is 0 Å². The van der Waals surface area contributed by atoms with Crippen molar-refractivity contribution in [1.82, 2.24) is 9.78 Å². The van der Waals surface area contributed by atoms with Gasteiger partial charge in [0.25, 0.3) is 5.91 Å². The average Bonchev–Trinajstić information content (AvgIpc) is 3.24. The molecule has 1 heterocycles. The van der Waals surface area contributed by atoms with Crippen molar-refractivity contribution in [3.8, 4) is 16.9 Å². The van der Waals surface area contributed by atoms with Gasteiger partial charge in [0.05, 0.1) is 0 Å². The summed E-state index contributed by atoms with van der Waals surface area (Å²) >= 11 is 5.86. The Morgan fingerprint density at radius 1 is 0.897 bits per heavy atom. The molecule has 5 nitrogen and oxygen atoms in total. The maximum Gasteiger partial charge on any atom is 0.276 e. The Hall–Kier alpha value is -3.57. The van der Waals surface area contributed by atoms with Gasteiger partial charge in [-0.3, -0.25) is 4.79 Å². The zero-order valence-electron chi connectivity index (χ0n) is 15.5. The highest BCUT2D eigenvalue weighted by Crippen LogP contribution is 2.21. The molecule has 0 aliphatic heterocycles. The minimum absolute atomic E-state index is 0.195. The van der Waals surface area contributed by atoms with E-state index in [1.807, 2.05) is 54.6 Å². The number of nitrogens with one attached hydrogen (secondary N) is 1. The second kappa shape index (κ2) is 8.63. The summed E-state index contributed by atoms with van der Waals surface area (Å²) in [5, 5.41) is 7.76. The summed E-state index contributed by atoms with van der Waals surface area (Å²) in [4.78, 5) is 12.5. The van der Waals surface area contributed by atoms with Crippen LogP contribution in [0.1, 0.15) is 10.5 Å². The van der Waals surface area contributed by atoms with E-state index in [1.54, 1.807) is 41.2 Å². The third-order valence-electron chi connectivity index (χ3n) is 4.30. The number of aromatic nitrogens is 2. The number of carbonyl (C=O) groups is 1. The van der Waals surface area contributed by atoms with Gasteiger partial charge in [0.2, 0.25) is 0 Å². The lowest BCUT2D eigenvalue weighted by atomic mass is 10.1. The zero-order valence-corrected chi connectivity index (χ0v) is 16.2. The van der Waals surface area contributed by atoms with Crippen LogP contribution < -0.4 is 10.1 Å². The summed E-state index contributed by atoms with van der Waals surface area (Å²) in [6, 6.07) is 26.5. The Bertz CT molecular complexity index is 1090. The van der Waals surface area contributed by atoms with Crippen LogP contribution in [0.4, 0.5) is 5.69 Å². The average molecular weight is 404 g/mol. The molecule has 1 amide bonds. The van der Waals surface area contributed by atoms with Gasteiger partial charge in [0.15, 0.2) is 12.4 Å². The largest absolute Gasteiger partial charge is 0.471 e. The lowest BCUT2D eigenvalue weighted by molar-refractivity contribution is 0.102. The molecule has 4 rings (SSSR count). The molecule has 0 unspecified atom stereocenters. The SMILES string of the molecule is O=C(Nc1ccc(-c2ccccc2)cc1)c1ccn(COc2ccc(Cl)cc2)n1. The third-order valence-corrected chi connectivity index (χ3v) is 4.55. The Morgan fingerprint density at radius 3 is 2.31 bits per heavy atom. The van der Waals surface area contributed by atoms with Crippen molar-refractivity contribution in [2.75, 3.05) is 5.32 Å². The lowest BCUT2D eigenvalue weighted by Gasteiger charge is -2.07. The Balaban J connectivity index is 1.36. The number of anilines is 1. The molecule has 6 heteroatoms. The summed E-state index contributed by atoms with van der Waals surface area (Å²) in [5.41, 5.74) is 3.25. The van der Waals surface area contributed by atoms with Crippen molar-refractivity contribution >= 4 is 23.2 Å². The summed E-state index contributed by atoms with van der Waals surface area (Å²) in [6.45, 7) is 0.195. The number of ether oxygens (including phenoxy) is 1. The highest BCUT2D eigenvalue weighted by atomic mass is 35.5. The van der Waals surface area contributed by atoms with Gasteiger partial charge < -0.3 is 10.1 Å². The number of hydrogen-bond acceptors (Lipinski definition) is 3. The fourth-order valence-electron chi connectivity index (χ4n) is 2.80. The molecule has 1 N–H and O–H groups in total. The summed E-state index contributed by atoms with van der Waals surface area (Å²) < 4.78 is 7.18. The molecule has 0 radical (unpaired) electrons. The van der Waals surface area contributed by atoms with Gasteiger partial charge in [-0.15, -0.1) is 0 Å².